The molecule has 67 heavy (non-hydrogen) atoms. The van der Waals surface area contributed by atoms with Gasteiger partial charge in [0.1, 0.15) is 11.4 Å². The summed E-state index contributed by atoms with van der Waals surface area (Å²) in [5.41, 5.74) is 10.8. The van der Waals surface area contributed by atoms with Gasteiger partial charge in [0.2, 0.25) is 11.7 Å². The number of rotatable bonds is 16. The molecule has 0 aliphatic carbocycles. The molecule has 8 rings (SSSR count). The predicted molar refractivity (Wildman–Crippen MR) is 251 cm³/mol. The largest absolute Gasteiger partial charge is 0.493 e. The van der Waals surface area contributed by atoms with E-state index in [0.29, 0.717) is 97.2 Å². The van der Waals surface area contributed by atoms with Crippen molar-refractivity contribution in [3.8, 4) is 11.5 Å². The summed E-state index contributed by atoms with van der Waals surface area (Å²) in [6.45, 7) is 6.08. The Hall–Kier alpha value is -8.00. The van der Waals surface area contributed by atoms with E-state index in [4.69, 9.17) is 15.2 Å². The van der Waals surface area contributed by atoms with Crippen molar-refractivity contribution in [1.82, 2.24) is 28.9 Å². The molecule has 20 nitrogen and oxygen atoms in total. The third kappa shape index (κ3) is 9.69. The number of carbonyl (C=O) groups excluding carboxylic acids is 6. The van der Waals surface area contributed by atoms with Crippen LogP contribution in [0.4, 0.5) is 28.6 Å². The molecule has 3 aromatic heterocycles. The minimum atomic E-state index is -0.572. The van der Waals surface area contributed by atoms with Gasteiger partial charge >= 0.3 is 0 Å². The summed E-state index contributed by atoms with van der Waals surface area (Å²) in [7, 11) is 6.48. The summed E-state index contributed by atoms with van der Waals surface area (Å²) in [6.07, 6.45) is 8.86. The van der Waals surface area contributed by atoms with Gasteiger partial charge in [0.25, 0.3) is 29.5 Å². The molecule has 0 saturated carbocycles. The number of nitrogens with two attached hydrogens (primary N) is 1. The first kappa shape index (κ1) is 45.6. The molecule has 6 amide bonds. The van der Waals surface area contributed by atoms with Crippen LogP contribution in [-0.4, -0.2) is 111 Å². The lowest BCUT2D eigenvalue weighted by Crippen LogP contribution is -2.35. The Labute approximate surface area is 385 Å². The maximum atomic E-state index is 13.7. The molecule has 348 valence electrons. The van der Waals surface area contributed by atoms with Crippen molar-refractivity contribution in [2.45, 2.75) is 38.1 Å². The first-order valence-corrected chi connectivity index (χ1v) is 21.8. The van der Waals surface area contributed by atoms with Gasteiger partial charge in [0, 0.05) is 89.3 Å². The highest BCUT2D eigenvalue weighted by atomic mass is 16.5. The Morgan fingerprint density at radius 3 is 2.37 bits per heavy atom. The summed E-state index contributed by atoms with van der Waals surface area (Å²) in [5.74, 6) is -1.02. The van der Waals surface area contributed by atoms with Crippen molar-refractivity contribution >= 4 is 70.2 Å². The number of hydrogen-bond donors (Lipinski definition) is 5. The number of ether oxygens (including phenoxy) is 2. The molecule has 2 aromatic carbocycles. The molecule has 3 aliphatic heterocycles. The number of fused-ring (bicyclic) bond motifs is 3. The van der Waals surface area contributed by atoms with E-state index in [1.54, 1.807) is 89.0 Å². The van der Waals surface area contributed by atoms with Crippen LogP contribution in [-0.2, 0) is 32.4 Å². The minimum absolute atomic E-state index is 0.0154. The zero-order chi connectivity index (χ0) is 47.5. The van der Waals surface area contributed by atoms with Crippen LogP contribution >= 0.6 is 0 Å². The van der Waals surface area contributed by atoms with Crippen LogP contribution in [0.1, 0.15) is 83.6 Å². The van der Waals surface area contributed by atoms with Crippen LogP contribution < -0.4 is 41.4 Å². The maximum absolute atomic E-state index is 13.7. The first-order chi connectivity index (χ1) is 32.2. The van der Waals surface area contributed by atoms with Crippen LogP contribution in [0.2, 0.25) is 0 Å². The smallest absolute Gasteiger partial charge is 0.291 e. The summed E-state index contributed by atoms with van der Waals surface area (Å²) in [6, 6.07) is 11.5. The normalized spacial score (nSPS) is 14.9. The highest BCUT2D eigenvalue weighted by Crippen LogP contribution is 2.39. The van der Waals surface area contributed by atoms with Crippen molar-refractivity contribution in [2.24, 2.45) is 31.9 Å². The number of methoxy groups -OCH3 is 1. The number of aliphatic imine (C=N–C) groups is 1. The van der Waals surface area contributed by atoms with Crippen molar-refractivity contribution < 1.29 is 38.2 Å². The Morgan fingerprint density at radius 1 is 0.866 bits per heavy atom. The second-order valence-corrected chi connectivity index (χ2v) is 16.6. The van der Waals surface area contributed by atoms with Gasteiger partial charge in [-0.2, -0.15) is 0 Å². The molecule has 3 aliphatic rings. The van der Waals surface area contributed by atoms with Crippen molar-refractivity contribution in [2.75, 3.05) is 60.7 Å². The number of amides is 6. The maximum Gasteiger partial charge on any atom is 0.291 e. The fourth-order valence-electron chi connectivity index (χ4n) is 8.35. The summed E-state index contributed by atoms with van der Waals surface area (Å²) >= 11 is 0. The minimum Gasteiger partial charge on any atom is -0.493 e. The van der Waals surface area contributed by atoms with E-state index < -0.39 is 11.8 Å². The molecule has 6 N–H and O–H groups in total. The van der Waals surface area contributed by atoms with Gasteiger partial charge in [-0.3, -0.25) is 33.8 Å². The molecule has 6 heterocycles. The Kier molecular flexibility index (Phi) is 13.1. The molecule has 5 aromatic rings. The van der Waals surface area contributed by atoms with E-state index in [-0.39, 0.29) is 60.0 Å². The van der Waals surface area contributed by atoms with E-state index in [2.05, 4.69) is 37.8 Å². The first-order valence-electron chi connectivity index (χ1n) is 21.8. The van der Waals surface area contributed by atoms with Crippen LogP contribution in [0.25, 0.3) is 0 Å². The second-order valence-electron chi connectivity index (χ2n) is 16.6. The number of hydrogen-bond acceptors (Lipinski definition) is 11. The standard InChI is InChI=1S/C47H52N12O8/c1-27-16-32-22-50-34-21-39(38(66-5)20-33(34)46(64)59(32)23-27)67-15-6-8-41(60)53-40-26-57(4)42(54-40)45(63)52-30-18-36(55(2)24-30)44(62)51-31-19-37(56(3)25-31)47(65)58-14-11-28-17-29(9-10-35(28)58)43(61)49-13-7-12-48/h9-10,17-22,24-26,32H,1,6-8,11-16,23,48H2,2-5H3,(H,49,61)(H,51,62)(H,52,63)(H,53,60)/t32-/m0/s1. The highest BCUT2D eigenvalue weighted by molar-refractivity contribution is 6.10. The van der Waals surface area contributed by atoms with Crippen molar-refractivity contribution in [3.63, 3.8) is 0 Å². The van der Waals surface area contributed by atoms with E-state index in [0.717, 1.165) is 16.8 Å². The zero-order valence-corrected chi connectivity index (χ0v) is 37.7. The van der Waals surface area contributed by atoms with Crippen LogP contribution in [0, 0.1) is 0 Å². The van der Waals surface area contributed by atoms with Gasteiger partial charge in [-0.15, -0.1) is 0 Å². The lowest BCUT2D eigenvalue weighted by molar-refractivity contribution is -0.116. The molecule has 1 fully saturated rings. The third-order valence-electron chi connectivity index (χ3n) is 11.7. The third-order valence-corrected chi connectivity index (χ3v) is 11.7. The Morgan fingerprint density at radius 2 is 1.61 bits per heavy atom. The fourth-order valence-corrected chi connectivity index (χ4v) is 8.35. The molecule has 1 atom stereocenters. The van der Waals surface area contributed by atoms with Gasteiger partial charge in [-0.05, 0) is 74.2 Å². The summed E-state index contributed by atoms with van der Waals surface area (Å²) < 4.78 is 16.1. The molecule has 0 spiro atoms. The SMILES string of the molecule is C=C1C[C@H]2C=Nc3cc(OCCCC(=O)Nc4cn(C)c(C(=O)Nc5cc(C(=O)Nc6cc(C(=O)N7CCc8cc(C(=O)NCCCN)ccc87)n(C)c6)n(C)c5)n4)c(OC)cc3C(=O)N2C1. The molecular formula is C47H52N12O8. The molecular weight excluding hydrogens is 861 g/mol. The molecule has 0 radical (unpaired) electrons. The lowest BCUT2D eigenvalue weighted by atomic mass is 10.1. The number of benzene rings is 2. The van der Waals surface area contributed by atoms with E-state index in [9.17, 15) is 28.8 Å². The average Bonchev–Trinajstić information content (AvgIpc) is 4.13. The van der Waals surface area contributed by atoms with Crippen LogP contribution in [0.15, 0.2) is 78.2 Å². The number of carbonyl (C=O) groups is 6. The Bertz CT molecular complexity index is 2850. The average molecular weight is 913 g/mol. The van der Waals surface area contributed by atoms with Crippen LogP contribution in [0.3, 0.4) is 0 Å². The van der Waals surface area contributed by atoms with Gasteiger partial charge in [-0.25, -0.2) is 4.98 Å². The summed E-state index contributed by atoms with van der Waals surface area (Å²) in [5, 5.41) is 11.2. The number of nitrogens with zero attached hydrogens (tertiary/aromatic N) is 7. The van der Waals surface area contributed by atoms with Gasteiger partial charge in [0.15, 0.2) is 17.3 Å². The van der Waals surface area contributed by atoms with Gasteiger partial charge < -0.3 is 60.0 Å². The molecule has 0 bridgehead atoms. The van der Waals surface area contributed by atoms with Gasteiger partial charge in [-0.1, -0.05) is 12.2 Å². The van der Waals surface area contributed by atoms with Crippen molar-refractivity contribution in [1.29, 1.82) is 0 Å². The number of aromatic nitrogens is 4. The second kappa shape index (κ2) is 19.2. The predicted octanol–water partition coefficient (Wildman–Crippen LogP) is 4.18. The fraction of sp³-hybridized carbons (Fsp3) is 0.319. The molecule has 20 heteroatoms. The molecule has 1 saturated heterocycles. The number of imidazole rings is 1. The van der Waals surface area contributed by atoms with Crippen LogP contribution in [0.5, 0.6) is 11.5 Å². The lowest BCUT2D eigenvalue weighted by Gasteiger charge is -2.20. The highest BCUT2D eigenvalue weighted by Gasteiger charge is 2.34. The topological polar surface area (TPSA) is 242 Å². The summed E-state index contributed by atoms with van der Waals surface area (Å²) in [4.78, 5) is 91.6. The quantitative estimate of drug-likeness (QED) is 0.0699. The van der Waals surface area contributed by atoms with E-state index in [1.165, 1.54) is 23.9 Å². The Balaban J connectivity index is 0.821. The number of anilines is 4. The monoisotopic (exact) mass is 912 g/mol. The van der Waals surface area contributed by atoms with E-state index in [1.807, 2.05) is 6.07 Å². The van der Waals surface area contributed by atoms with Gasteiger partial charge in [0.05, 0.1) is 42.4 Å². The van der Waals surface area contributed by atoms with Crippen molar-refractivity contribution in [3.05, 3.63) is 107 Å². The number of nitrogens with one attached hydrogen (secondary N) is 4. The van der Waals surface area contributed by atoms with E-state index >= 15 is 0 Å². The molecule has 0 unspecified atom stereocenters. The zero-order valence-electron chi connectivity index (χ0n) is 37.7. The number of aryl methyl sites for hydroxylation is 3.